The van der Waals surface area contributed by atoms with Gasteiger partial charge in [0.25, 0.3) is 0 Å². The Balaban J connectivity index is 1.71. The van der Waals surface area contributed by atoms with Gasteiger partial charge in [-0.15, -0.1) is 0 Å². The molecule has 11 heteroatoms. The summed E-state index contributed by atoms with van der Waals surface area (Å²) in [6.45, 7) is 4.03. The van der Waals surface area contributed by atoms with Crippen molar-refractivity contribution in [2.45, 2.75) is 19.9 Å². The second-order valence-corrected chi connectivity index (χ2v) is 7.22. The lowest BCUT2D eigenvalue weighted by Crippen LogP contribution is -2.12. The standard InChI is InChI=1S/C22H25FN8O2/c1-3-32-22-29-19(24)18-21(30-22)31(20(28-18)15-9-16(23)12-26-11-15)13-14-5-6-17(27-10-14)33-8-4-7-25-2/h5-6,9-12,25H,3-4,7-8,13H2,1-2H3,(H2,24,29,30). The zero-order chi connectivity index (χ0) is 23.2. The van der Waals surface area contributed by atoms with Gasteiger partial charge in [-0.3, -0.25) is 4.98 Å². The van der Waals surface area contributed by atoms with Crippen LogP contribution in [0.4, 0.5) is 10.2 Å². The van der Waals surface area contributed by atoms with Crippen LogP contribution < -0.4 is 20.5 Å². The van der Waals surface area contributed by atoms with Gasteiger partial charge in [-0.25, -0.2) is 14.4 Å². The molecule has 4 aromatic rings. The van der Waals surface area contributed by atoms with Crippen molar-refractivity contribution >= 4 is 17.0 Å². The summed E-state index contributed by atoms with van der Waals surface area (Å²) in [7, 11) is 1.90. The van der Waals surface area contributed by atoms with Crippen molar-refractivity contribution in [3.8, 4) is 23.3 Å². The number of hydrogen-bond donors (Lipinski definition) is 2. The van der Waals surface area contributed by atoms with Gasteiger partial charge < -0.3 is 25.1 Å². The SMILES string of the molecule is CCOc1nc(N)c2nc(-c3cncc(F)c3)n(Cc3ccc(OCCCNC)nc3)c2n1. The van der Waals surface area contributed by atoms with E-state index >= 15 is 0 Å². The molecule has 0 radical (unpaired) electrons. The van der Waals surface area contributed by atoms with Crippen LogP contribution in [0.15, 0.2) is 36.8 Å². The van der Waals surface area contributed by atoms with E-state index in [1.807, 2.05) is 30.7 Å². The molecular weight excluding hydrogens is 427 g/mol. The summed E-state index contributed by atoms with van der Waals surface area (Å²) in [5.74, 6) is 0.710. The number of nitrogens with zero attached hydrogens (tertiary/aromatic N) is 6. The Morgan fingerprint density at radius 1 is 1.12 bits per heavy atom. The molecule has 0 bridgehead atoms. The number of anilines is 1. The number of nitrogens with one attached hydrogen (secondary N) is 1. The number of fused-ring (bicyclic) bond motifs is 1. The number of aromatic nitrogens is 6. The molecule has 0 amide bonds. The molecule has 0 unspecified atom stereocenters. The number of hydrogen-bond acceptors (Lipinski definition) is 9. The molecule has 0 saturated heterocycles. The van der Waals surface area contributed by atoms with Gasteiger partial charge in [0.15, 0.2) is 17.0 Å². The summed E-state index contributed by atoms with van der Waals surface area (Å²) in [5, 5.41) is 3.08. The normalized spacial score (nSPS) is 11.1. The Bertz CT molecular complexity index is 1230. The zero-order valence-electron chi connectivity index (χ0n) is 18.5. The van der Waals surface area contributed by atoms with Gasteiger partial charge in [0.1, 0.15) is 11.6 Å². The van der Waals surface area contributed by atoms with E-state index in [9.17, 15) is 4.39 Å². The first-order valence-corrected chi connectivity index (χ1v) is 10.6. The number of rotatable bonds is 10. The van der Waals surface area contributed by atoms with Gasteiger partial charge in [-0.1, -0.05) is 6.07 Å². The number of pyridine rings is 2. The van der Waals surface area contributed by atoms with E-state index < -0.39 is 5.82 Å². The molecular formula is C22H25FN8O2. The van der Waals surface area contributed by atoms with Crippen molar-refractivity contribution in [1.29, 1.82) is 0 Å². The summed E-state index contributed by atoms with van der Waals surface area (Å²) in [4.78, 5) is 21.6. The first-order chi connectivity index (χ1) is 16.1. The molecule has 0 aliphatic heterocycles. The van der Waals surface area contributed by atoms with Crippen molar-refractivity contribution in [2.75, 3.05) is 32.5 Å². The number of nitrogen functional groups attached to an aromatic ring is 1. The van der Waals surface area contributed by atoms with Crippen molar-refractivity contribution in [3.63, 3.8) is 0 Å². The zero-order valence-corrected chi connectivity index (χ0v) is 18.5. The summed E-state index contributed by atoms with van der Waals surface area (Å²) >= 11 is 0. The summed E-state index contributed by atoms with van der Waals surface area (Å²) in [5.41, 5.74) is 8.36. The Kier molecular flexibility index (Phi) is 6.89. The Hall–Kier alpha value is -3.86. The number of nitrogens with two attached hydrogens (primary N) is 1. The highest BCUT2D eigenvalue weighted by Crippen LogP contribution is 2.28. The Morgan fingerprint density at radius 3 is 2.73 bits per heavy atom. The van der Waals surface area contributed by atoms with Crippen molar-refractivity contribution < 1.29 is 13.9 Å². The third kappa shape index (κ3) is 5.14. The van der Waals surface area contributed by atoms with Crippen LogP contribution >= 0.6 is 0 Å². The van der Waals surface area contributed by atoms with Gasteiger partial charge >= 0.3 is 6.01 Å². The molecule has 0 atom stereocenters. The van der Waals surface area contributed by atoms with E-state index in [2.05, 4.69) is 30.2 Å². The maximum absolute atomic E-state index is 13.9. The van der Waals surface area contributed by atoms with Crippen LogP contribution in [0.25, 0.3) is 22.6 Å². The smallest absolute Gasteiger partial charge is 0.320 e. The van der Waals surface area contributed by atoms with E-state index in [0.29, 0.717) is 48.2 Å². The number of ether oxygens (including phenoxy) is 2. The van der Waals surface area contributed by atoms with Crippen LogP contribution in [0.5, 0.6) is 11.9 Å². The van der Waals surface area contributed by atoms with Crippen LogP contribution in [-0.2, 0) is 6.54 Å². The minimum atomic E-state index is -0.471. The molecule has 0 aliphatic carbocycles. The molecule has 0 fully saturated rings. The highest BCUT2D eigenvalue weighted by molar-refractivity contribution is 5.85. The number of imidazole rings is 1. The lowest BCUT2D eigenvalue weighted by atomic mass is 10.2. The van der Waals surface area contributed by atoms with Crippen LogP contribution in [0, 0.1) is 5.82 Å². The lowest BCUT2D eigenvalue weighted by Gasteiger charge is -2.10. The quantitative estimate of drug-likeness (QED) is 0.349. The van der Waals surface area contributed by atoms with E-state index in [-0.39, 0.29) is 11.8 Å². The third-order valence-corrected chi connectivity index (χ3v) is 4.80. The minimum absolute atomic E-state index is 0.149. The second-order valence-electron chi connectivity index (χ2n) is 7.22. The van der Waals surface area contributed by atoms with Crippen LogP contribution in [0.1, 0.15) is 18.9 Å². The third-order valence-electron chi connectivity index (χ3n) is 4.80. The van der Waals surface area contributed by atoms with Crippen molar-refractivity contribution in [2.24, 2.45) is 0 Å². The van der Waals surface area contributed by atoms with Gasteiger partial charge in [-0.05, 0) is 38.6 Å². The number of halogens is 1. The maximum atomic E-state index is 13.9. The van der Waals surface area contributed by atoms with Gasteiger partial charge in [0, 0.05) is 24.0 Å². The molecule has 10 nitrogen and oxygen atoms in total. The second kappa shape index (κ2) is 10.2. The Morgan fingerprint density at radius 2 is 2.00 bits per heavy atom. The molecule has 4 rings (SSSR count). The van der Waals surface area contributed by atoms with Gasteiger partial charge in [0.05, 0.1) is 26.0 Å². The van der Waals surface area contributed by atoms with E-state index in [0.717, 1.165) is 24.7 Å². The predicted molar refractivity (Wildman–Crippen MR) is 121 cm³/mol. The lowest BCUT2D eigenvalue weighted by molar-refractivity contribution is 0.298. The molecule has 4 heterocycles. The highest BCUT2D eigenvalue weighted by atomic mass is 19.1. The van der Waals surface area contributed by atoms with Gasteiger partial charge in [-0.2, -0.15) is 9.97 Å². The fraction of sp³-hybridized carbons (Fsp3) is 0.318. The van der Waals surface area contributed by atoms with E-state index in [1.165, 1.54) is 12.3 Å². The average molecular weight is 452 g/mol. The topological polar surface area (TPSA) is 126 Å². The summed E-state index contributed by atoms with van der Waals surface area (Å²) in [6, 6.07) is 5.23. The predicted octanol–water partition coefficient (Wildman–Crippen LogP) is 2.44. The summed E-state index contributed by atoms with van der Waals surface area (Å²) < 4.78 is 26.8. The molecule has 0 saturated carbocycles. The van der Waals surface area contributed by atoms with Crippen LogP contribution in [0.3, 0.4) is 0 Å². The molecule has 0 spiro atoms. The fourth-order valence-electron chi connectivity index (χ4n) is 3.30. The monoisotopic (exact) mass is 452 g/mol. The molecule has 0 aliphatic rings. The Labute approximate surface area is 190 Å². The van der Waals surface area contributed by atoms with Crippen LogP contribution in [-0.4, -0.2) is 56.3 Å². The van der Waals surface area contributed by atoms with Gasteiger partial charge in [0.2, 0.25) is 5.88 Å². The summed E-state index contributed by atoms with van der Waals surface area (Å²) in [6.07, 6.45) is 5.28. The molecule has 33 heavy (non-hydrogen) atoms. The van der Waals surface area contributed by atoms with Crippen LogP contribution in [0.2, 0.25) is 0 Å². The fourth-order valence-corrected chi connectivity index (χ4v) is 3.30. The minimum Gasteiger partial charge on any atom is -0.478 e. The maximum Gasteiger partial charge on any atom is 0.320 e. The van der Waals surface area contributed by atoms with Crippen molar-refractivity contribution in [3.05, 3.63) is 48.2 Å². The molecule has 4 aromatic heterocycles. The van der Waals surface area contributed by atoms with Crippen molar-refractivity contribution in [1.82, 2.24) is 34.8 Å². The average Bonchev–Trinajstić information content (AvgIpc) is 3.17. The molecule has 172 valence electrons. The molecule has 0 aromatic carbocycles. The molecule has 3 N–H and O–H groups in total. The first-order valence-electron chi connectivity index (χ1n) is 10.6. The van der Waals surface area contributed by atoms with E-state index in [1.54, 1.807) is 6.20 Å². The van der Waals surface area contributed by atoms with E-state index in [4.69, 9.17) is 15.2 Å². The first kappa shape index (κ1) is 22.3. The largest absolute Gasteiger partial charge is 0.478 e. The highest BCUT2D eigenvalue weighted by Gasteiger charge is 2.19.